The first-order valence-corrected chi connectivity index (χ1v) is 10.3. The average Bonchev–Trinajstić information content (AvgIpc) is 3.24. The molecule has 1 atom stereocenters. The van der Waals surface area contributed by atoms with E-state index in [9.17, 15) is 9.59 Å². The average molecular weight is 387 g/mol. The first-order chi connectivity index (χ1) is 13.6. The number of pyridine rings is 1. The van der Waals surface area contributed by atoms with E-state index in [1.54, 1.807) is 25.4 Å². The zero-order valence-electron chi connectivity index (χ0n) is 16.6. The van der Waals surface area contributed by atoms with Crippen LogP contribution < -0.4 is 4.74 Å². The SMILES string of the molecule is COc1cc(C(=O)N2CCC3(CCC(=O)N(CC4CCCO4)C3)CC2)ccn1. The Kier molecular flexibility index (Phi) is 5.53. The molecular formula is C21H29N3O4. The van der Waals surface area contributed by atoms with Crippen LogP contribution in [0.5, 0.6) is 5.88 Å². The third-order valence-electron chi connectivity index (χ3n) is 6.50. The molecule has 0 aromatic carbocycles. The zero-order chi connectivity index (χ0) is 19.6. The summed E-state index contributed by atoms with van der Waals surface area (Å²) in [4.78, 5) is 33.3. The molecule has 0 radical (unpaired) electrons. The van der Waals surface area contributed by atoms with Crippen LogP contribution in [0.4, 0.5) is 0 Å². The summed E-state index contributed by atoms with van der Waals surface area (Å²) >= 11 is 0. The highest BCUT2D eigenvalue weighted by Crippen LogP contribution is 2.40. The van der Waals surface area contributed by atoms with Crippen LogP contribution in [-0.2, 0) is 9.53 Å². The van der Waals surface area contributed by atoms with E-state index in [0.29, 0.717) is 17.9 Å². The Balaban J connectivity index is 1.37. The lowest BCUT2D eigenvalue weighted by atomic mass is 9.72. The van der Waals surface area contributed by atoms with Gasteiger partial charge >= 0.3 is 0 Å². The van der Waals surface area contributed by atoms with E-state index in [2.05, 4.69) is 4.98 Å². The minimum atomic E-state index is 0.0265. The quantitative estimate of drug-likeness (QED) is 0.791. The number of ether oxygens (including phenoxy) is 2. The van der Waals surface area contributed by atoms with Crippen LogP contribution in [0.2, 0.25) is 0 Å². The summed E-state index contributed by atoms with van der Waals surface area (Å²) in [6.45, 7) is 3.79. The molecule has 0 aliphatic carbocycles. The van der Waals surface area contributed by atoms with Crippen LogP contribution >= 0.6 is 0 Å². The second-order valence-corrected chi connectivity index (χ2v) is 8.29. The minimum absolute atomic E-state index is 0.0265. The number of methoxy groups -OCH3 is 1. The number of amides is 2. The standard InChI is InChI=1S/C21H29N3O4/c1-27-18-13-16(5-9-22-18)20(26)23-10-7-21(8-11-23)6-4-19(25)24(15-21)14-17-3-2-12-28-17/h5,9,13,17H,2-4,6-8,10-12,14-15H2,1H3. The van der Waals surface area contributed by atoms with E-state index in [4.69, 9.17) is 9.47 Å². The van der Waals surface area contributed by atoms with Gasteiger partial charge in [-0.25, -0.2) is 4.98 Å². The molecule has 3 fully saturated rings. The predicted octanol–water partition coefficient (Wildman–Crippen LogP) is 2.11. The van der Waals surface area contributed by atoms with Gasteiger partial charge in [0.25, 0.3) is 5.91 Å². The van der Waals surface area contributed by atoms with Gasteiger partial charge in [0.2, 0.25) is 11.8 Å². The summed E-state index contributed by atoms with van der Waals surface area (Å²) < 4.78 is 10.9. The monoisotopic (exact) mass is 387 g/mol. The molecule has 28 heavy (non-hydrogen) atoms. The molecule has 1 spiro atoms. The first-order valence-electron chi connectivity index (χ1n) is 10.3. The van der Waals surface area contributed by atoms with E-state index in [-0.39, 0.29) is 23.3 Å². The second-order valence-electron chi connectivity index (χ2n) is 8.29. The molecule has 0 N–H and O–H groups in total. The molecule has 0 saturated carbocycles. The lowest BCUT2D eigenvalue weighted by Gasteiger charge is -2.47. The van der Waals surface area contributed by atoms with E-state index in [1.165, 1.54) is 0 Å². The Morgan fingerprint density at radius 3 is 2.89 bits per heavy atom. The van der Waals surface area contributed by atoms with E-state index >= 15 is 0 Å². The van der Waals surface area contributed by atoms with Crippen molar-refractivity contribution in [1.29, 1.82) is 0 Å². The van der Waals surface area contributed by atoms with E-state index in [1.807, 2.05) is 9.80 Å². The summed E-state index contributed by atoms with van der Waals surface area (Å²) in [7, 11) is 1.55. The van der Waals surface area contributed by atoms with Crippen LogP contribution in [0, 0.1) is 5.41 Å². The number of carbonyl (C=O) groups excluding carboxylic acids is 2. The third-order valence-corrected chi connectivity index (χ3v) is 6.50. The number of rotatable bonds is 4. The Morgan fingerprint density at radius 1 is 1.36 bits per heavy atom. The van der Waals surface area contributed by atoms with Crippen molar-refractivity contribution in [3.8, 4) is 5.88 Å². The van der Waals surface area contributed by atoms with Crippen molar-refractivity contribution < 1.29 is 19.1 Å². The number of hydrogen-bond donors (Lipinski definition) is 0. The molecule has 7 nitrogen and oxygen atoms in total. The first kappa shape index (κ1) is 19.2. The fourth-order valence-electron chi connectivity index (χ4n) is 4.73. The molecular weight excluding hydrogens is 358 g/mol. The topological polar surface area (TPSA) is 72.0 Å². The van der Waals surface area contributed by atoms with Gasteiger partial charge in [-0.1, -0.05) is 0 Å². The van der Waals surface area contributed by atoms with Gasteiger partial charge in [0.05, 0.1) is 13.2 Å². The summed E-state index contributed by atoms with van der Waals surface area (Å²) in [6.07, 6.45) is 7.37. The maximum atomic E-state index is 12.8. The van der Waals surface area contributed by atoms with Crippen molar-refractivity contribution in [2.75, 3.05) is 39.9 Å². The Morgan fingerprint density at radius 2 is 2.18 bits per heavy atom. The number of carbonyl (C=O) groups is 2. The minimum Gasteiger partial charge on any atom is -0.481 e. The van der Waals surface area contributed by atoms with Crippen LogP contribution in [0.1, 0.15) is 48.9 Å². The van der Waals surface area contributed by atoms with Crippen LogP contribution in [0.25, 0.3) is 0 Å². The summed E-state index contributed by atoms with van der Waals surface area (Å²) in [5.41, 5.74) is 0.751. The molecule has 3 aliphatic rings. The lowest BCUT2D eigenvalue weighted by molar-refractivity contribution is -0.141. The highest BCUT2D eigenvalue weighted by Gasteiger charge is 2.42. The molecule has 2 amide bonds. The van der Waals surface area contributed by atoms with Crippen LogP contribution in [0.15, 0.2) is 18.3 Å². The smallest absolute Gasteiger partial charge is 0.254 e. The molecule has 0 bridgehead atoms. The van der Waals surface area contributed by atoms with Gasteiger partial charge < -0.3 is 19.3 Å². The highest BCUT2D eigenvalue weighted by molar-refractivity contribution is 5.94. The Hall–Kier alpha value is -2.15. The predicted molar refractivity (Wildman–Crippen MR) is 103 cm³/mol. The third kappa shape index (κ3) is 3.99. The van der Waals surface area contributed by atoms with Crippen molar-refractivity contribution in [3.63, 3.8) is 0 Å². The Labute approximate surface area is 166 Å². The molecule has 152 valence electrons. The highest BCUT2D eigenvalue weighted by atomic mass is 16.5. The van der Waals surface area contributed by atoms with E-state index in [0.717, 1.165) is 64.9 Å². The van der Waals surface area contributed by atoms with Gasteiger partial charge in [0.1, 0.15) is 0 Å². The maximum absolute atomic E-state index is 12.8. The van der Waals surface area contributed by atoms with Gasteiger partial charge in [0, 0.05) is 57.0 Å². The second kappa shape index (κ2) is 8.07. The van der Waals surface area contributed by atoms with E-state index < -0.39 is 0 Å². The fourth-order valence-corrected chi connectivity index (χ4v) is 4.73. The molecule has 1 aromatic rings. The normalized spacial score (nSPS) is 24.6. The Bertz CT molecular complexity index is 724. The molecule has 4 heterocycles. The number of hydrogen-bond acceptors (Lipinski definition) is 5. The van der Waals surface area contributed by atoms with Crippen molar-refractivity contribution in [2.24, 2.45) is 5.41 Å². The number of aromatic nitrogens is 1. The van der Waals surface area contributed by atoms with Gasteiger partial charge in [-0.05, 0) is 43.6 Å². The van der Waals surface area contributed by atoms with Crippen molar-refractivity contribution in [2.45, 2.75) is 44.6 Å². The van der Waals surface area contributed by atoms with Crippen molar-refractivity contribution in [3.05, 3.63) is 23.9 Å². The van der Waals surface area contributed by atoms with Gasteiger partial charge in [-0.15, -0.1) is 0 Å². The number of likely N-dealkylation sites (tertiary alicyclic amines) is 2. The zero-order valence-corrected chi connectivity index (χ0v) is 16.6. The van der Waals surface area contributed by atoms with Crippen LogP contribution in [0.3, 0.4) is 0 Å². The maximum Gasteiger partial charge on any atom is 0.254 e. The van der Waals surface area contributed by atoms with Crippen LogP contribution in [-0.4, -0.2) is 72.6 Å². The summed E-state index contributed by atoms with van der Waals surface area (Å²) in [5, 5.41) is 0. The van der Waals surface area contributed by atoms with Gasteiger partial charge in [0.15, 0.2) is 0 Å². The molecule has 3 saturated heterocycles. The molecule has 4 rings (SSSR count). The fraction of sp³-hybridized carbons (Fsp3) is 0.667. The lowest BCUT2D eigenvalue weighted by Crippen LogP contribution is -2.53. The molecule has 3 aliphatic heterocycles. The molecule has 1 unspecified atom stereocenters. The summed E-state index contributed by atoms with van der Waals surface area (Å²) in [6, 6.07) is 3.42. The molecule has 7 heteroatoms. The molecule has 1 aromatic heterocycles. The largest absolute Gasteiger partial charge is 0.481 e. The van der Waals surface area contributed by atoms with Gasteiger partial charge in [-0.2, -0.15) is 0 Å². The van der Waals surface area contributed by atoms with Gasteiger partial charge in [-0.3, -0.25) is 9.59 Å². The number of piperidine rings is 2. The summed E-state index contributed by atoms with van der Waals surface area (Å²) in [5.74, 6) is 0.733. The van der Waals surface area contributed by atoms with Crippen molar-refractivity contribution >= 4 is 11.8 Å². The number of nitrogens with zero attached hydrogens (tertiary/aromatic N) is 3. The van der Waals surface area contributed by atoms with Crippen molar-refractivity contribution in [1.82, 2.24) is 14.8 Å².